The van der Waals surface area contributed by atoms with Crippen molar-refractivity contribution in [2.75, 3.05) is 11.9 Å². The Labute approximate surface area is 138 Å². The summed E-state index contributed by atoms with van der Waals surface area (Å²) in [5.74, 6) is -0.0966. The number of para-hydroxylation sites is 1. The van der Waals surface area contributed by atoms with Gasteiger partial charge < -0.3 is 10.0 Å². The van der Waals surface area contributed by atoms with Crippen LogP contribution in [-0.2, 0) is 4.79 Å². The number of hydrogen-bond donors (Lipinski definition) is 1. The van der Waals surface area contributed by atoms with E-state index in [-0.39, 0.29) is 11.7 Å². The van der Waals surface area contributed by atoms with Crippen LogP contribution in [-0.4, -0.2) is 34.2 Å². The van der Waals surface area contributed by atoms with Gasteiger partial charge in [-0.25, -0.2) is 0 Å². The highest BCUT2D eigenvalue weighted by molar-refractivity contribution is 7.80. The lowest BCUT2D eigenvalue weighted by Gasteiger charge is -2.16. The molecule has 1 saturated heterocycles. The average Bonchev–Trinajstić information content (AvgIpc) is 2.78. The Kier molecular flexibility index (Phi) is 4.03. The number of azo groups is 1. The zero-order valence-corrected chi connectivity index (χ0v) is 13.1. The number of anilines is 1. The van der Waals surface area contributed by atoms with E-state index < -0.39 is 6.17 Å². The number of benzene rings is 2. The molecule has 1 aliphatic rings. The van der Waals surface area contributed by atoms with Gasteiger partial charge >= 0.3 is 0 Å². The number of likely N-dealkylation sites (N-methyl/N-ethyl adjacent to an activating group) is 1. The van der Waals surface area contributed by atoms with Gasteiger partial charge in [-0.2, -0.15) is 10.2 Å². The first-order valence-electron chi connectivity index (χ1n) is 6.93. The summed E-state index contributed by atoms with van der Waals surface area (Å²) < 4.78 is 0. The summed E-state index contributed by atoms with van der Waals surface area (Å²) in [6.07, 6.45) is -0.795. The molecule has 116 valence electrons. The first-order chi connectivity index (χ1) is 11.1. The van der Waals surface area contributed by atoms with E-state index in [0.29, 0.717) is 16.5 Å². The third-order valence-electron chi connectivity index (χ3n) is 3.45. The van der Waals surface area contributed by atoms with Gasteiger partial charge in [-0.3, -0.25) is 9.69 Å². The Hall–Kier alpha value is -2.80. The molecule has 0 unspecified atom stereocenters. The molecule has 1 amide bonds. The minimum absolute atomic E-state index is 0.148. The maximum absolute atomic E-state index is 12.6. The van der Waals surface area contributed by atoms with Crippen molar-refractivity contribution in [1.82, 2.24) is 4.90 Å². The van der Waals surface area contributed by atoms with E-state index in [9.17, 15) is 9.90 Å². The molecule has 1 aliphatic heterocycles. The molecule has 1 atom stereocenters. The normalized spacial score (nSPS) is 18.2. The molecule has 1 N–H and O–H groups in total. The molecule has 1 heterocycles. The van der Waals surface area contributed by atoms with Gasteiger partial charge in [0.2, 0.25) is 6.17 Å². The molecule has 0 spiro atoms. The molecule has 0 aromatic heterocycles. The van der Waals surface area contributed by atoms with E-state index in [1.807, 2.05) is 30.3 Å². The third kappa shape index (κ3) is 2.91. The number of thiocarbonyl (C=S) groups is 1. The van der Waals surface area contributed by atoms with E-state index >= 15 is 0 Å². The number of phenolic OH excluding ortho intramolecular Hbond substituents is 1. The first kappa shape index (κ1) is 15.1. The van der Waals surface area contributed by atoms with Crippen molar-refractivity contribution >= 4 is 34.6 Å². The Morgan fingerprint density at radius 2 is 1.74 bits per heavy atom. The maximum Gasteiger partial charge on any atom is 0.280 e. The zero-order chi connectivity index (χ0) is 16.4. The summed E-state index contributed by atoms with van der Waals surface area (Å²) in [7, 11) is 1.71. The summed E-state index contributed by atoms with van der Waals surface area (Å²) >= 11 is 5.34. The average molecular weight is 326 g/mol. The number of aromatic hydroxyl groups is 1. The highest BCUT2D eigenvalue weighted by Gasteiger charge is 2.41. The van der Waals surface area contributed by atoms with Crippen LogP contribution in [0.3, 0.4) is 0 Å². The molecule has 2 aromatic carbocycles. The predicted octanol–water partition coefficient (Wildman–Crippen LogP) is 3.07. The lowest BCUT2D eigenvalue weighted by Crippen LogP contribution is -2.30. The van der Waals surface area contributed by atoms with E-state index in [0.717, 1.165) is 0 Å². The van der Waals surface area contributed by atoms with Crippen LogP contribution in [0.15, 0.2) is 64.8 Å². The number of nitrogens with zero attached hydrogens (tertiary/aromatic N) is 4. The second-order valence-electron chi connectivity index (χ2n) is 5.01. The van der Waals surface area contributed by atoms with Gasteiger partial charge in [0.15, 0.2) is 5.11 Å². The monoisotopic (exact) mass is 326 g/mol. The second kappa shape index (κ2) is 6.13. The Bertz CT molecular complexity index is 761. The molecular formula is C16H14N4O2S. The van der Waals surface area contributed by atoms with E-state index in [1.54, 1.807) is 24.1 Å². The van der Waals surface area contributed by atoms with Crippen LogP contribution in [0.5, 0.6) is 5.75 Å². The van der Waals surface area contributed by atoms with Crippen molar-refractivity contribution in [2.45, 2.75) is 6.17 Å². The smallest absolute Gasteiger partial charge is 0.280 e. The summed E-state index contributed by atoms with van der Waals surface area (Å²) in [6, 6.07) is 15.4. The Morgan fingerprint density at radius 1 is 1.09 bits per heavy atom. The zero-order valence-electron chi connectivity index (χ0n) is 12.3. The highest BCUT2D eigenvalue weighted by Crippen LogP contribution is 2.26. The molecular weight excluding hydrogens is 312 g/mol. The Balaban J connectivity index is 1.85. The number of phenols is 1. The molecule has 0 aliphatic carbocycles. The van der Waals surface area contributed by atoms with Crippen molar-refractivity contribution in [1.29, 1.82) is 0 Å². The minimum atomic E-state index is -0.795. The lowest BCUT2D eigenvalue weighted by atomic mass is 10.3. The molecule has 0 radical (unpaired) electrons. The van der Waals surface area contributed by atoms with Crippen LogP contribution in [0.25, 0.3) is 0 Å². The summed E-state index contributed by atoms with van der Waals surface area (Å²) in [6.45, 7) is 0. The molecule has 7 heteroatoms. The van der Waals surface area contributed by atoms with E-state index in [2.05, 4.69) is 10.2 Å². The van der Waals surface area contributed by atoms with Crippen LogP contribution >= 0.6 is 12.2 Å². The number of amides is 1. The standard InChI is InChI=1S/C16H14N4O2S/c1-19-14(18-17-11-7-9-13(21)10-8-11)15(22)20(16(19)23)12-5-3-2-4-6-12/h2-10,14,21H,1H3/t14-/m1/s1. The first-order valence-corrected chi connectivity index (χ1v) is 7.34. The van der Waals surface area contributed by atoms with Crippen molar-refractivity contribution in [2.24, 2.45) is 10.2 Å². The summed E-state index contributed by atoms with van der Waals surface area (Å²) in [5, 5.41) is 17.8. The molecule has 23 heavy (non-hydrogen) atoms. The van der Waals surface area contributed by atoms with Crippen molar-refractivity contribution < 1.29 is 9.90 Å². The van der Waals surface area contributed by atoms with Crippen LogP contribution in [0, 0.1) is 0 Å². The fourth-order valence-corrected chi connectivity index (χ4v) is 2.52. The van der Waals surface area contributed by atoms with Gasteiger partial charge in [-0.15, -0.1) is 0 Å². The topological polar surface area (TPSA) is 68.5 Å². The van der Waals surface area contributed by atoms with Crippen LogP contribution in [0.4, 0.5) is 11.4 Å². The molecule has 1 fully saturated rings. The molecule has 3 rings (SSSR count). The highest BCUT2D eigenvalue weighted by atomic mass is 32.1. The molecule has 6 nitrogen and oxygen atoms in total. The van der Waals surface area contributed by atoms with Gasteiger partial charge in [0.25, 0.3) is 5.91 Å². The molecule has 0 saturated carbocycles. The van der Waals surface area contributed by atoms with E-state index in [4.69, 9.17) is 12.2 Å². The number of carbonyl (C=O) groups is 1. The maximum atomic E-state index is 12.6. The summed E-state index contributed by atoms with van der Waals surface area (Å²) in [5.41, 5.74) is 1.25. The fraction of sp³-hybridized carbons (Fsp3) is 0.125. The Morgan fingerprint density at radius 3 is 2.39 bits per heavy atom. The van der Waals surface area contributed by atoms with Gasteiger partial charge in [0.1, 0.15) is 5.75 Å². The largest absolute Gasteiger partial charge is 0.508 e. The van der Waals surface area contributed by atoms with Gasteiger partial charge in [0, 0.05) is 7.05 Å². The van der Waals surface area contributed by atoms with Crippen molar-refractivity contribution in [3.63, 3.8) is 0 Å². The minimum Gasteiger partial charge on any atom is -0.508 e. The summed E-state index contributed by atoms with van der Waals surface area (Å²) in [4.78, 5) is 15.7. The lowest BCUT2D eigenvalue weighted by molar-refractivity contribution is -0.119. The van der Waals surface area contributed by atoms with Crippen LogP contribution in [0.2, 0.25) is 0 Å². The fourth-order valence-electron chi connectivity index (χ4n) is 2.22. The van der Waals surface area contributed by atoms with E-state index in [1.165, 1.54) is 17.0 Å². The predicted molar refractivity (Wildman–Crippen MR) is 90.7 cm³/mol. The quantitative estimate of drug-likeness (QED) is 0.695. The van der Waals surface area contributed by atoms with Gasteiger partial charge in [-0.1, -0.05) is 18.2 Å². The number of carbonyl (C=O) groups excluding carboxylic acids is 1. The molecule has 2 aromatic rings. The van der Waals surface area contributed by atoms with Crippen LogP contribution < -0.4 is 4.90 Å². The number of rotatable bonds is 3. The molecule has 0 bridgehead atoms. The SMILES string of the molecule is CN1C(=S)N(c2ccccc2)C(=O)[C@@H]1N=Nc1ccc(O)cc1. The third-order valence-corrected chi connectivity index (χ3v) is 3.92. The van der Waals surface area contributed by atoms with Crippen LogP contribution in [0.1, 0.15) is 0 Å². The second-order valence-corrected chi connectivity index (χ2v) is 5.37. The number of hydrogen-bond acceptors (Lipinski definition) is 5. The van der Waals surface area contributed by atoms with Crippen molar-refractivity contribution in [3.8, 4) is 5.75 Å². The van der Waals surface area contributed by atoms with Gasteiger partial charge in [-0.05, 0) is 48.6 Å². The van der Waals surface area contributed by atoms with Gasteiger partial charge in [0.05, 0.1) is 11.4 Å². The van der Waals surface area contributed by atoms with Crippen molar-refractivity contribution in [3.05, 3.63) is 54.6 Å².